The van der Waals surface area contributed by atoms with Gasteiger partial charge in [0.15, 0.2) is 0 Å². The van der Waals surface area contributed by atoms with Crippen LogP contribution in [0.4, 0.5) is 5.69 Å². The zero-order chi connectivity index (χ0) is 20.1. The molecule has 28 heavy (non-hydrogen) atoms. The van der Waals surface area contributed by atoms with Crippen LogP contribution < -0.4 is 5.32 Å². The lowest BCUT2D eigenvalue weighted by Crippen LogP contribution is -2.27. The second kappa shape index (κ2) is 8.69. The molecular formula is C22H25N3O3. The molecule has 3 rings (SSSR count). The highest BCUT2D eigenvalue weighted by atomic mass is 16.6. The number of hydrogen-bond donors (Lipinski definition) is 2. The molecule has 146 valence electrons. The predicted octanol–water partition coefficient (Wildman–Crippen LogP) is 4.76. The number of non-ortho nitro benzene ring substituents is 1. The van der Waals surface area contributed by atoms with Gasteiger partial charge in [0.05, 0.1) is 4.92 Å². The Balaban J connectivity index is 1.93. The van der Waals surface area contributed by atoms with Crippen LogP contribution in [0, 0.1) is 16.0 Å². The largest absolute Gasteiger partial charge is 0.361 e. The lowest BCUT2D eigenvalue weighted by molar-refractivity contribution is -0.384. The summed E-state index contributed by atoms with van der Waals surface area (Å²) in [7, 11) is 0. The number of amides is 1. The molecule has 0 aliphatic heterocycles. The Labute approximate surface area is 164 Å². The van der Waals surface area contributed by atoms with Gasteiger partial charge in [0.1, 0.15) is 0 Å². The molecule has 0 saturated heterocycles. The van der Waals surface area contributed by atoms with Gasteiger partial charge in [-0.2, -0.15) is 0 Å². The molecule has 0 aliphatic rings. The van der Waals surface area contributed by atoms with E-state index < -0.39 is 4.92 Å². The Bertz CT molecular complexity index is 978. The van der Waals surface area contributed by atoms with Crippen LogP contribution in [0.1, 0.15) is 43.7 Å². The number of nitro groups is 1. The summed E-state index contributed by atoms with van der Waals surface area (Å²) < 4.78 is 0. The number of aromatic nitrogens is 1. The molecule has 0 unspecified atom stereocenters. The lowest BCUT2D eigenvalue weighted by atomic mass is 9.87. The van der Waals surface area contributed by atoms with Crippen LogP contribution in [0.15, 0.2) is 54.7 Å². The second-order valence-corrected chi connectivity index (χ2v) is 7.43. The van der Waals surface area contributed by atoms with Crippen LogP contribution in [0.25, 0.3) is 10.9 Å². The fourth-order valence-electron chi connectivity index (χ4n) is 3.40. The number of carbonyl (C=O) groups is 1. The number of para-hydroxylation sites is 1. The van der Waals surface area contributed by atoms with Crippen molar-refractivity contribution in [1.82, 2.24) is 10.3 Å². The summed E-state index contributed by atoms with van der Waals surface area (Å²) in [6, 6.07) is 14.4. The standard InChI is InChI=1S/C22H25N3O3/c1-15(2)10-11-23-22(26)13-19(16-6-5-7-17(12-16)25(27)28)20-14-24-21-9-4-3-8-18(20)21/h3-9,12,14-15,19,24H,10-11,13H2,1-2H3,(H,23,26)/t19-/m1/s1. The first kappa shape index (κ1) is 19.6. The molecule has 0 saturated carbocycles. The molecule has 1 heterocycles. The molecule has 6 nitrogen and oxygen atoms in total. The maximum atomic E-state index is 12.6. The van der Waals surface area contributed by atoms with Crippen molar-refractivity contribution in [2.24, 2.45) is 5.92 Å². The topological polar surface area (TPSA) is 88.0 Å². The van der Waals surface area contributed by atoms with Gasteiger partial charge in [0.2, 0.25) is 5.91 Å². The third-order valence-electron chi connectivity index (χ3n) is 4.91. The number of fused-ring (bicyclic) bond motifs is 1. The monoisotopic (exact) mass is 379 g/mol. The van der Waals surface area contributed by atoms with Gasteiger partial charge in [0, 0.05) is 48.1 Å². The predicted molar refractivity (Wildman–Crippen MR) is 110 cm³/mol. The van der Waals surface area contributed by atoms with E-state index in [0.29, 0.717) is 12.5 Å². The molecule has 1 atom stereocenters. The summed E-state index contributed by atoms with van der Waals surface area (Å²) in [5.74, 6) is 0.194. The Morgan fingerprint density at radius 2 is 1.96 bits per heavy atom. The molecule has 2 N–H and O–H groups in total. The highest BCUT2D eigenvalue weighted by Gasteiger charge is 2.23. The normalized spacial score (nSPS) is 12.2. The number of hydrogen-bond acceptors (Lipinski definition) is 3. The van der Waals surface area contributed by atoms with Crippen LogP contribution in [0.5, 0.6) is 0 Å². The van der Waals surface area contributed by atoms with Gasteiger partial charge in [-0.05, 0) is 29.5 Å². The first-order valence-corrected chi connectivity index (χ1v) is 9.52. The third kappa shape index (κ3) is 4.57. The number of H-pyrrole nitrogens is 1. The van der Waals surface area contributed by atoms with E-state index in [1.807, 2.05) is 36.5 Å². The quantitative estimate of drug-likeness (QED) is 0.437. The Hall–Kier alpha value is -3.15. The van der Waals surface area contributed by atoms with Crippen molar-refractivity contribution in [2.45, 2.75) is 32.6 Å². The average molecular weight is 379 g/mol. The highest BCUT2D eigenvalue weighted by Crippen LogP contribution is 2.34. The first-order chi connectivity index (χ1) is 13.5. The van der Waals surface area contributed by atoms with Crippen molar-refractivity contribution in [2.75, 3.05) is 6.54 Å². The van der Waals surface area contributed by atoms with Gasteiger partial charge in [-0.1, -0.05) is 44.2 Å². The van der Waals surface area contributed by atoms with E-state index in [2.05, 4.69) is 24.1 Å². The molecule has 1 aromatic heterocycles. The second-order valence-electron chi connectivity index (χ2n) is 7.43. The fourth-order valence-corrected chi connectivity index (χ4v) is 3.40. The van der Waals surface area contributed by atoms with Crippen molar-refractivity contribution in [3.63, 3.8) is 0 Å². The smallest absolute Gasteiger partial charge is 0.269 e. The minimum Gasteiger partial charge on any atom is -0.361 e. The van der Waals surface area contributed by atoms with Crippen LogP contribution in [0.3, 0.4) is 0 Å². The summed E-state index contributed by atoms with van der Waals surface area (Å²) in [5, 5.41) is 15.2. The zero-order valence-corrected chi connectivity index (χ0v) is 16.1. The Morgan fingerprint density at radius 1 is 1.18 bits per heavy atom. The molecule has 3 aromatic rings. The minimum atomic E-state index is -0.404. The molecule has 2 aromatic carbocycles. The molecule has 0 bridgehead atoms. The number of nitrogens with zero attached hydrogens (tertiary/aromatic N) is 1. The van der Waals surface area contributed by atoms with Gasteiger partial charge in [0.25, 0.3) is 5.69 Å². The summed E-state index contributed by atoms with van der Waals surface area (Å²) in [6.07, 6.45) is 3.05. The number of nitro benzene ring substituents is 1. The van der Waals surface area contributed by atoms with E-state index in [4.69, 9.17) is 0 Å². The van der Waals surface area contributed by atoms with Crippen LogP contribution in [-0.4, -0.2) is 22.4 Å². The summed E-state index contributed by atoms with van der Waals surface area (Å²) in [6.45, 7) is 4.86. The van der Waals surface area contributed by atoms with Gasteiger partial charge >= 0.3 is 0 Å². The van der Waals surface area contributed by atoms with Crippen molar-refractivity contribution in [1.29, 1.82) is 0 Å². The highest BCUT2D eigenvalue weighted by molar-refractivity contribution is 5.86. The molecule has 0 radical (unpaired) electrons. The molecule has 1 amide bonds. The van der Waals surface area contributed by atoms with E-state index in [1.165, 1.54) is 6.07 Å². The maximum Gasteiger partial charge on any atom is 0.269 e. The lowest BCUT2D eigenvalue weighted by Gasteiger charge is -2.17. The summed E-state index contributed by atoms with van der Waals surface area (Å²) in [4.78, 5) is 26.7. The van der Waals surface area contributed by atoms with Crippen molar-refractivity contribution in [3.8, 4) is 0 Å². The van der Waals surface area contributed by atoms with Crippen LogP contribution >= 0.6 is 0 Å². The van der Waals surface area contributed by atoms with Crippen molar-refractivity contribution in [3.05, 3.63) is 76.0 Å². The van der Waals surface area contributed by atoms with E-state index in [1.54, 1.807) is 12.1 Å². The summed E-state index contributed by atoms with van der Waals surface area (Å²) >= 11 is 0. The Morgan fingerprint density at radius 3 is 2.71 bits per heavy atom. The van der Waals surface area contributed by atoms with E-state index in [0.717, 1.165) is 28.5 Å². The SMILES string of the molecule is CC(C)CCNC(=O)C[C@H](c1cccc([N+](=O)[O-])c1)c1c[nH]c2ccccc12. The number of aromatic amines is 1. The van der Waals surface area contributed by atoms with Gasteiger partial charge in [-0.15, -0.1) is 0 Å². The fraction of sp³-hybridized carbons (Fsp3) is 0.318. The number of nitrogens with one attached hydrogen (secondary N) is 2. The summed E-state index contributed by atoms with van der Waals surface area (Å²) in [5.41, 5.74) is 2.74. The van der Waals surface area contributed by atoms with Gasteiger partial charge in [-0.25, -0.2) is 0 Å². The van der Waals surface area contributed by atoms with Gasteiger partial charge < -0.3 is 10.3 Å². The van der Waals surface area contributed by atoms with Gasteiger partial charge in [-0.3, -0.25) is 14.9 Å². The minimum absolute atomic E-state index is 0.0301. The number of benzene rings is 2. The molecule has 0 aliphatic carbocycles. The first-order valence-electron chi connectivity index (χ1n) is 9.52. The average Bonchev–Trinajstić information content (AvgIpc) is 3.10. The van der Waals surface area contributed by atoms with Crippen LogP contribution in [0.2, 0.25) is 0 Å². The molecule has 0 fully saturated rings. The van der Waals surface area contributed by atoms with Crippen molar-refractivity contribution >= 4 is 22.5 Å². The number of carbonyl (C=O) groups excluding carboxylic acids is 1. The molecule has 0 spiro atoms. The Kier molecular flexibility index (Phi) is 6.09. The third-order valence-corrected chi connectivity index (χ3v) is 4.91. The van der Waals surface area contributed by atoms with E-state index in [9.17, 15) is 14.9 Å². The molecular weight excluding hydrogens is 354 g/mol. The number of rotatable bonds is 8. The molecule has 6 heteroatoms. The van der Waals surface area contributed by atoms with Crippen LogP contribution in [-0.2, 0) is 4.79 Å². The zero-order valence-electron chi connectivity index (χ0n) is 16.1. The van der Waals surface area contributed by atoms with E-state index in [-0.39, 0.29) is 23.9 Å². The maximum absolute atomic E-state index is 12.6. The van der Waals surface area contributed by atoms with Crippen molar-refractivity contribution < 1.29 is 9.72 Å². The van der Waals surface area contributed by atoms with E-state index >= 15 is 0 Å².